The summed E-state index contributed by atoms with van der Waals surface area (Å²) in [5, 5.41) is 11.5. The van der Waals surface area contributed by atoms with Gasteiger partial charge in [-0.3, -0.25) is 4.99 Å². The van der Waals surface area contributed by atoms with Crippen LogP contribution < -0.4 is 0 Å². The average molecular weight is 460 g/mol. The van der Waals surface area contributed by atoms with E-state index in [0.29, 0.717) is 17.7 Å². The van der Waals surface area contributed by atoms with Crippen LogP contribution in [0.2, 0.25) is 0 Å². The molecule has 0 amide bonds. The summed E-state index contributed by atoms with van der Waals surface area (Å²) >= 11 is 0. The number of phenols is 1. The largest absolute Gasteiger partial charge is 0.507 e. The second-order valence-corrected chi connectivity index (χ2v) is 11.0. The van der Waals surface area contributed by atoms with Gasteiger partial charge in [0.2, 0.25) is 0 Å². The summed E-state index contributed by atoms with van der Waals surface area (Å²) in [4.78, 5) is 4.97. The number of hydrogen-bond acceptors (Lipinski definition) is 2. The Bertz CT molecular complexity index is 883. The number of hydrogen-bond donors (Lipinski definition) is 1. The highest BCUT2D eigenvalue weighted by Gasteiger charge is 2.21. The van der Waals surface area contributed by atoms with E-state index in [2.05, 4.69) is 49.4 Å². The third-order valence-corrected chi connectivity index (χ3v) is 8.23. The minimum Gasteiger partial charge on any atom is -0.507 e. The summed E-state index contributed by atoms with van der Waals surface area (Å²) in [6.07, 6.45) is 21.3. The molecule has 2 aliphatic carbocycles. The van der Waals surface area contributed by atoms with E-state index in [4.69, 9.17) is 4.99 Å². The van der Waals surface area contributed by atoms with E-state index in [1.165, 1.54) is 107 Å². The van der Waals surface area contributed by atoms with Crippen molar-refractivity contribution in [2.24, 2.45) is 10.9 Å². The number of aliphatic imine (C=N–C) groups is 1. The van der Waals surface area contributed by atoms with Crippen LogP contribution in [-0.4, -0.2) is 17.4 Å². The lowest BCUT2D eigenvalue weighted by Gasteiger charge is -2.23. The second kappa shape index (κ2) is 13.1. The molecule has 2 fully saturated rings. The highest BCUT2D eigenvalue weighted by atomic mass is 16.3. The summed E-state index contributed by atoms with van der Waals surface area (Å²) in [5.74, 6) is 1.74. The fourth-order valence-corrected chi connectivity index (χ4v) is 5.94. The molecule has 1 N–H and O–H groups in total. The Kier molecular flexibility index (Phi) is 9.65. The highest BCUT2D eigenvalue weighted by molar-refractivity contribution is 5.87. The molecule has 0 spiro atoms. The van der Waals surface area contributed by atoms with Gasteiger partial charge in [-0.1, -0.05) is 95.0 Å². The molecule has 0 bridgehead atoms. The van der Waals surface area contributed by atoms with Crippen molar-refractivity contribution < 1.29 is 5.11 Å². The molecule has 0 radical (unpaired) electrons. The molecule has 34 heavy (non-hydrogen) atoms. The van der Waals surface area contributed by atoms with Gasteiger partial charge in [-0.15, -0.1) is 0 Å². The lowest BCUT2D eigenvalue weighted by atomic mass is 9.84. The van der Waals surface area contributed by atoms with Crippen LogP contribution in [0.25, 0.3) is 11.1 Å². The van der Waals surface area contributed by atoms with Gasteiger partial charge in [0.05, 0.1) is 0 Å². The fourth-order valence-electron chi connectivity index (χ4n) is 5.94. The number of benzene rings is 2. The molecule has 4 rings (SSSR count). The standard InChI is InChI=1S/C32H45NO/c1-25-18-20-30(21-19-25)33-24-29-22-28(26-14-12-9-13-15-26)23-31(32(29)34)27-16-10-7-5-3-2-4-6-8-11-17-27/h9,12-15,22-25,27,30,34H,2-8,10-11,16-21H2,1H3. The number of aromatic hydroxyl groups is 1. The van der Waals surface area contributed by atoms with Gasteiger partial charge >= 0.3 is 0 Å². The number of nitrogens with zero attached hydrogens (tertiary/aromatic N) is 1. The monoisotopic (exact) mass is 459 g/mol. The van der Waals surface area contributed by atoms with Gasteiger partial charge in [0.25, 0.3) is 0 Å². The minimum absolute atomic E-state index is 0.403. The van der Waals surface area contributed by atoms with E-state index >= 15 is 0 Å². The molecule has 184 valence electrons. The van der Waals surface area contributed by atoms with E-state index in [9.17, 15) is 5.11 Å². The Morgan fingerprint density at radius 2 is 1.29 bits per heavy atom. The molecule has 0 unspecified atom stereocenters. The molecule has 0 aromatic heterocycles. The molecule has 2 aliphatic rings. The number of phenolic OH excluding ortho intramolecular Hbond substituents is 1. The van der Waals surface area contributed by atoms with Crippen LogP contribution in [0.3, 0.4) is 0 Å². The predicted molar refractivity (Wildman–Crippen MR) is 146 cm³/mol. The minimum atomic E-state index is 0.403. The Labute approximate surface area is 207 Å². The van der Waals surface area contributed by atoms with E-state index in [-0.39, 0.29) is 0 Å². The van der Waals surface area contributed by atoms with Crippen LogP contribution in [0.4, 0.5) is 0 Å². The van der Waals surface area contributed by atoms with Crippen molar-refractivity contribution in [2.45, 2.75) is 115 Å². The molecule has 2 nitrogen and oxygen atoms in total. The maximum atomic E-state index is 11.5. The Morgan fingerprint density at radius 1 is 0.706 bits per heavy atom. The Hall–Kier alpha value is -2.09. The van der Waals surface area contributed by atoms with Crippen molar-refractivity contribution in [3.8, 4) is 16.9 Å². The van der Waals surface area contributed by atoms with Crippen molar-refractivity contribution in [1.82, 2.24) is 0 Å². The SMILES string of the molecule is CC1CCC(N=Cc2cc(-c3ccccc3)cc(C3CCCCCCCCCCC3)c2O)CC1. The fraction of sp³-hybridized carbons (Fsp3) is 0.594. The Balaban J connectivity index is 1.63. The van der Waals surface area contributed by atoms with Crippen molar-refractivity contribution in [3.05, 3.63) is 53.6 Å². The zero-order chi connectivity index (χ0) is 23.6. The third-order valence-electron chi connectivity index (χ3n) is 8.23. The zero-order valence-corrected chi connectivity index (χ0v) is 21.4. The molecule has 2 aromatic carbocycles. The number of rotatable bonds is 4. The van der Waals surface area contributed by atoms with Crippen LogP contribution in [-0.2, 0) is 0 Å². The summed E-state index contributed by atoms with van der Waals surface area (Å²) in [5.41, 5.74) is 4.48. The van der Waals surface area contributed by atoms with Gasteiger partial charge in [-0.05, 0) is 79.2 Å². The van der Waals surface area contributed by atoms with E-state index in [1.807, 2.05) is 6.21 Å². The topological polar surface area (TPSA) is 32.6 Å². The van der Waals surface area contributed by atoms with E-state index in [0.717, 1.165) is 17.0 Å². The van der Waals surface area contributed by atoms with Crippen LogP contribution in [0.5, 0.6) is 5.75 Å². The van der Waals surface area contributed by atoms with Gasteiger partial charge < -0.3 is 5.11 Å². The maximum Gasteiger partial charge on any atom is 0.127 e. The normalized spacial score (nSPS) is 23.9. The predicted octanol–water partition coefficient (Wildman–Crippen LogP) is 9.45. The first-order valence-electron chi connectivity index (χ1n) is 14.2. The zero-order valence-electron chi connectivity index (χ0n) is 21.4. The van der Waals surface area contributed by atoms with E-state index in [1.54, 1.807) is 0 Å². The van der Waals surface area contributed by atoms with Crippen molar-refractivity contribution in [3.63, 3.8) is 0 Å². The summed E-state index contributed by atoms with van der Waals surface area (Å²) < 4.78 is 0. The quantitative estimate of drug-likeness (QED) is 0.454. The molecular weight excluding hydrogens is 414 g/mol. The van der Waals surface area contributed by atoms with Gasteiger partial charge in [-0.25, -0.2) is 0 Å². The molecule has 2 saturated carbocycles. The molecular formula is C32H45NO. The lowest BCUT2D eigenvalue weighted by molar-refractivity contribution is 0.350. The van der Waals surface area contributed by atoms with Gasteiger partial charge in [-0.2, -0.15) is 0 Å². The van der Waals surface area contributed by atoms with E-state index < -0.39 is 0 Å². The first-order chi connectivity index (χ1) is 16.7. The summed E-state index contributed by atoms with van der Waals surface area (Å²) in [7, 11) is 0. The van der Waals surface area contributed by atoms with Crippen molar-refractivity contribution >= 4 is 6.21 Å². The molecule has 0 saturated heterocycles. The summed E-state index contributed by atoms with van der Waals surface area (Å²) in [6.45, 7) is 2.35. The van der Waals surface area contributed by atoms with Crippen LogP contribution in [0.15, 0.2) is 47.5 Å². The van der Waals surface area contributed by atoms with Gasteiger partial charge in [0, 0.05) is 17.8 Å². The average Bonchev–Trinajstić information content (AvgIpc) is 2.85. The van der Waals surface area contributed by atoms with Crippen LogP contribution in [0.1, 0.15) is 120 Å². The maximum absolute atomic E-state index is 11.5. The van der Waals surface area contributed by atoms with Crippen LogP contribution >= 0.6 is 0 Å². The van der Waals surface area contributed by atoms with Crippen LogP contribution in [0, 0.1) is 5.92 Å². The first-order valence-corrected chi connectivity index (χ1v) is 14.2. The molecule has 0 atom stereocenters. The first kappa shape index (κ1) is 25.0. The van der Waals surface area contributed by atoms with Gasteiger partial charge in [0.15, 0.2) is 0 Å². The lowest BCUT2D eigenvalue weighted by Crippen LogP contribution is -2.15. The third kappa shape index (κ3) is 7.20. The molecule has 2 aromatic rings. The molecule has 2 heteroatoms. The van der Waals surface area contributed by atoms with Gasteiger partial charge in [0.1, 0.15) is 5.75 Å². The highest BCUT2D eigenvalue weighted by Crippen LogP contribution is 2.39. The molecule has 0 aliphatic heterocycles. The smallest absolute Gasteiger partial charge is 0.127 e. The van der Waals surface area contributed by atoms with Crippen molar-refractivity contribution in [1.29, 1.82) is 0 Å². The second-order valence-electron chi connectivity index (χ2n) is 11.0. The molecule has 0 heterocycles. The Morgan fingerprint density at radius 3 is 1.91 bits per heavy atom. The summed E-state index contributed by atoms with van der Waals surface area (Å²) in [6, 6.07) is 15.5. The van der Waals surface area contributed by atoms with Crippen molar-refractivity contribution in [2.75, 3.05) is 0 Å².